The number of methoxy groups -OCH3 is 1. The van der Waals surface area contributed by atoms with Crippen molar-refractivity contribution in [2.45, 2.75) is 52.3 Å². The Morgan fingerprint density at radius 2 is 1.90 bits per heavy atom. The van der Waals surface area contributed by atoms with Crippen molar-refractivity contribution in [1.29, 1.82) is 0 Å². The third-order valence-corrected chi connectivity index (χ3v) is 4.57. The number of benzene rings is 1. The molecular weight excluding hydrogens is 384 g/mol. The summed E-state index contributed by atoms with van der Waals surface area (Å²) in [6, 6.07) is 11.2. The molecule has 2 aromatic rings. The van der Waals surface area contributed by atoms with Gasteiger partial charge < -0.3 is 28.5 Å². The molecule has 1 N–H and O–H groups in total. The lowest BCUT2D eigenvalue weighted by molar-refractivity contribution is -0.171. The van der Waals surface area contributed by atoms with Crippen LogP contribution < -0.4 is 4.74 Å². The summed E-state index contributed by atoms with van der Waals surface area (Å²) in [6.45, 7) is 7.44. The number of ether oxygens (including phenoxy) is 4. The predicted octanol–water partition coefficient (Wildman–Crippen LogP) is 4.34. The summed E-state index contributed by atoms with van der Waals surface area (Å²) >= 11 is 0. The summed E-state index contributed by atoms with van der Waals surface area (Å²) in [4.78, 5) is 0. The third-order valence-electron chi connectivity index (χ3n) is 4.57. The highest BCUT2D eigenvalue weighted by Crippen LogP contribution is 2.18. The first-order chi connectivity index (χ1) is 14.5. The van der Waals surface area contributed by atoms with E-state index < -0.39 is 6.10 Å². The van der Waals surface area contributed by atoms with Gasteiger partial charge in [-0.25, -0.2) is 0 Å². The van der Waals surface area contributed by atoms with Gasteiger partial charge in [0.05, 0.1) is 32.7 Å². The monoisotopic (exact) mass is 416 g/mol. The third kappa shape index (κ3) is 8.21. The highest BCUT2D eigenvalue weighted by molar-refractivity contribution is 5.26. The van der Waals surface area contributed by atoms with Gasteiger partial charge in [0, 0.05) is 18.9 Å². The maximum absolute atomic E-state index is 10.1. The van der Waals surface area contributed by atoms with E-state index in [-0.39, 0.29) is 18.3 Å². The fraction of sp³-hybridized carbons (Fsp3) is 0.500. The van der Waals surface area contributed by atoms with Crippen molar-refractivity contribution >= 4 is 0 Å². The number of hydrogen-bond donors (Lipinski definition) is 1. The molecule has 6 nitrogen and oxygen atoms in total. The molecule has 0 bridgehead atoms. The molecule has 0 saturated carbocycles. The predicted molar refractivity (Wildman–Crippen MR) is 114 cm³/mol. The van der Waals surface area contributed by atoms with Crippen molar-refractivity contribution in [2.24, 2.45) is 5.92 Å². The van der Waals surface area contributed by atoms with Crippen LogP contribution >= 0.6 is 0 Å². The zero-order valence-corrected chi connectivity index (χ0v) is 18.2. The van der Waals surface area contributed by atoms with E-state index >= 15 is 0 Å². The molecule has 164 valence electrons. The van der Waals surface area contributed by atoms with Crippen LogP contribution in [0.15, 0.2) is 47.1 Å². The van der Waals surface area contributed by atoms with Crippen LogP contribution in [0.5, 0.6) is 5.75 Å². The van der Waals surface area contributed by atoms with Crippen LogP contribution in [-0.2, 0) is 20.8 Å². The average Bonchev–Trinajstić information content (AvgIpc) is 3.28. The molecule has 1 unspecified atom stereocenters. The van der Waals surface area contributed by atoms with Crippen molar-refractivity contribution < 1.29 is 28.5 Å². The minimum atomic E-state index is -0.952. The van der Waals surface area contributed by atoms with E-state index in [9.17, 15) is 5.11 Å². The summed E-state index contributed by atoms with van der Waals surface area (Å²) in [7, 11) is 1.65. The topological polar surface area (TPSA) is 70.3 Å². The van der Waals surface area contributed by atoms with E-state index in [1.165, 1.54) is 6.26 Å². The van der Waals surface area contributed by atoms with Crippen LogP contribution in [-0.4, -0.2) is 37.8 Å². The molecule has 0 fully saturated rings. The first kappa shape index (κ1) is 24.0. The van der Waals surface area contributed by atoms with Gasteiger partial charge in [-0.05, 0) is 43.7 Å². The number of furan rings is 1. The quantitative estimate of drug-likeness (QED) is 0.410. The van der Waals surface area contributed by atoms with Crippen LogP contribution in [0.4, 0.5) is 0 Å². The fourth-order valence-electron chi connectivity index (χ4n) is 2.87. The molecule has 0 amide bonds. The Morgan fingerprint density at radius 3 is 2.53 bits per heavy atom. The summed E-state index contributed by atoms with van der Waals surface area (Å²) < 4.78 is 27.8. The van der Waals surface area contributed by atoms with E-state index in [1.807, 2.05) is 38.1 Å². The molecule has 2 rings (SSSR count). The second-order valence-corrected chi connectivity index (χ2v) is 6.98. The Hall–Kier alpha value is -2.30. The van der Waals surface area contributed by atoms with Gasteiger partial charge in [0.15, 0.2) is 12.4 Å². The van der Waals surface area contributed by atoms with Gasteiger partial charge in [-0.15, -0.1) is 0 Å². The Balaban J connectivity index is 1.89. The van der Waals surface area contributed by atoms with Crippen molar-refractivity contribution in [3.05, 3.63) is 54.0 Å². The summed E-state index contributed by atoms with van der Waals surface area (Å²) in [5.41, 5.74) is 1.07. The van der Waals surface area contributed by atoms with E-state index in [1.54, 1.807) is 19.2 Å². The van der Waals surface area contributed by atoms with E-state index in [4.69, 9.17) is 23.4 Å². The molecule has 0 aliphatic heterocycles. The van der Waals surface area contributed by atoms with E-state index in [0.29, 0.717) is 32.0 Å². The summed E-state index contributed by atoms with van der Waals surface area (Å²) in [6.07, 6.45) is 0.464. The minimum absolute atomic E-state index is 0.0845. The van der Waals surface area contributed by atoms with Crippen LogP contribution in [0, 0.1) is 17.8 Å². The fourth-order valence-corrected chi connectivity index (χ4v) is 2.87. The van der Waals surface area contributed by atoms with Crippen LogP contribution in [0.1, 0.15) is 44.6 Å². The standard InChI is InChI=1S/C24H32O6/c1-5-28-19(3)30-23(9-6-8-22(25)24-10-7-15-29-24)18(2)16-27-17-20-11-13-21(26-4)14-12-20/h7,10-15,18-19,22-23,25H,5,9,16-17H2,1-4H3/t18-,19?,22-,23-/m0/s1. The molecule has 0 saturated heterocycles. The Labute approximate surface area is 179 Å². The molecule has 0 aliphatic carbocycles. The highest BCUT2D eigenvalue weighted by Gasteiger charge is 2.20. The van der Waals surface area contributed by atoms with Crippen molar-refractivity contribution in [3.8, 4) is 17.6 Å². The lowest BCUT2D eigenvalue weighted by atomic mass is 10.0. The molecule has 1 heterocycles. The van der Waals surface area contributed by atoms with Crippen LogP contribution in [0.3, 0.4) is 0 Å². The molecular formula is C24H32O6. The SMILES string of the molecule is CCOC(C)O[C@@H](CC#C[C@H](O)c1ccco1)[C@@H](C)COCc1ccc(OC)cc1. The first-order valence-electron chi connectivity index (χ1n) is 10.2. The Morgan fingerprint density at radius 1 is 1.13 bits per heavy atom. The summed E-state index contributed by atoms with van der Waals surface area (Å²) in [5.74, 6) is 7.15. The molecule has 4 atom stereocenters. The van der Waals surface area contributed by atoms with E-state index in [2.05, 4.69) is 18.8 Å². The molecule has 0 radical (unpaired) electrons. The van der Waals surface area contributed by atoms with Gasteiger partial charge in [-0.3, -0.25) is 0 Å². The van der Waals surface area contributed by atoms with E-state index in [0.717, 1.165) is 11.3 Å². The normalized spacial score (nSPS) is 15.0. The second kappa shape index (κ2) is 13.1. The average molecular weight is 417 g/mol. The number of hydrogen-bond acceptors (Lipinski definition) is 6. The van der Waals surface area contributed by atoms with Gasteiger partial charge in [0.1, 0.15) is 11.5 Å². The Bertz CT molecular complexity index is 759. The zero-order valence-electron chi connectivity index (χ0n) is 18.2. The molecule has 1 aromatic heterocycles. The molecule has 1 aromatic carbocycles. The minimum Gasteiger partial charge on any atom is -0.497 e. The Kier molecular flexibility index (Phi) is 10.5. The van der Waals surface area contributed by atoms with Gasteiger partial charge in [-0.1, -0.05) is 30.9 Å². The lowest BCUT2D eigenvalue weighted by Crippen LogP contribution is -2.30. The van der Waals surface area contributed by atoms with Crippen LogP contribution in [0.25, 0.3) is 0 Å². The van der Waals surface area contributed by atoms with Gasteiger partial charge >= 0.3 is 0 Å². The largest absolute Gasteiger partial charge is 0.497 e. The maximum atomic E-state index is 10.1. The van der Waals surface area contributed by atoms with Gasteiger partial charge in [0.2, 0.25) is 0 Å². The maximum Gasteiger partial charge on any atom is 0.172 e. The zero-order chi connectivity index (χ0) is 21.8. The number of aliphatic hydroxyl groups excluding tert-OH is 1. The summed E-state index contributed by atoms with van der Waals surface area (Å²) in [5, 5.41) is 10.1. The second-order valence-electron chi connectivity index (χ2n) is 6.98. The first-order valence-corrected chi connectivity index (χ1v) is 10.2. The van der Waals surface area contributed by atoms with Crippen molar-refractivity contribution in [2.75, 3.05) is 20.3 Å². The van der Waals surface area contributed by atoms with Gasteiger partial charge in [-0.2, -0.15) is 0 Å². The molecule has 0 aliphatic rings. The number of rotatable bonds is 12. The highest BCUT2D eigenvalue weighted by atomic mass is 16.7. The smallest absolute Gasteiger partial charge is 0.172 e. The van der Waals surface area contributed by atoms with Crippen LogP contribution in [0.2, 0.25) is 0 Å². The molecule has 6 heteroatoms. The lowest BCUT2D eigenvalue weighted by Gasteiger charge is -2.26. The van der Waals surface area contributed by atoms with Crippen molar-refractivity contribution in [3.63, 3.8) is 0 Å². The van der Waals surface area contributed by atoms with Gasteiger partial charge in [0.25, 0.3) is 0 Å². The molecule has 0 spiro atoms. The number of aliphatic hydroxyl groups is 1. The molecule has 30 heavy (non-hydrogen) atoms. The van der Waals surface area contributed by atoms with Crippen molar-refractivity contribution in [1.82, 2.24) is 0 Å².